The lowest BCUT2D eigenvalue weighted by Gasteiger charge is -2.12. The summed E-state index contributed by atoms with van der Waals surface area (Å²) < 4.78 is 51.6. The molecule has 2 N–H and O–H groups in total. The van der Waals surface area contributed by atoms with Crippen LogP contribution in [0.4, 0.5) is 17.6 Å². The molecule has 1 aromatic heterocycles. The van der Waals surface area contributed by atoms with Crippen LogP contribution in [0.15, 0.2) is 30.6 Å². The highest BCUT2D eigenvalue weighted by molar-refractivity contribution is 5.61. The van der Waals surface area contributed by atoms with Gasteiger partial charge in [0.1, 0.15) is 5.82 Å². The lowest BCUT2D eigenvalue weighted by Crippen LogP contribution is -2.09. The van der Waals surface area contributed by atoms with Crippen molar-refractivity contribution in [2.75, 3.05) is 6.54 Å². The van der Waals surface area contributed by atoms with Crippen LogP contribution in [0.3, 0.4) is 0 Å². The molecule has 0 radical (unpaired) electrons. The van der Waals surface area contributed by atoms with Gasteiger partial charge in [-0.3, -0.25) is 0 Å². The van der Waals surface area contributed by atoms with Gasteiger partial charge in [0.2, 0.25) is 0 Å². The second-order valence-electron chi connectivity index (χ2n) is 4.14. The lowest BCUT2D eigenvalue weighted by atomic mass is 10.1. The molecule has 7 heteroatoms. The molecule has 0 spiro atoms. The molecule has 0 amide bonds. The van der Waals surface area contributed by atoms with E-state index < -0.39 is 17.6 Å². The maximum absolute atomic E-state index is 13.0. The summed E-state index contributed by atoms with van der Waals surface area (Å²) >= 11 is 0. The average Bonchev–Trinajstić information content (AvgIpc) is 2.39. The monoisotopic (exact) mass is 285 g/mol. The molecular formula is C13H11F4N3. The summed E-state index contributed by atoms with van der Waals surface area (Å²) in [5.41, 5.74) is 4.75. The van der Waals surface area contributed by atoms with Crippen molar-refractivity contribution in [3.63, 3.8) is 0 Å². The molecule has 2 rings (SSSR count). The van der Waals surface area contributed by atoms with Crippen molar-refractivity contribution >= 4 is 0 Å². The smallest absolute Gasteiger partial charge is 0.330 e. The number of nitrogens with zero attached hydrogens (tertiary/aromatic N) is 2. The second-order valence-corrected chi connectivity index (χ2v) is 4.14. The van der Waals surface area contributed by atoms with Gasteiger partial charge in [-0.15, -0.1) is 0 Å². The van der Waals surface area contributed by atoms with E-state index in [0.29, 0.717) is 19.0 Å². The fraction of sp³-hybridized carbons (Fsp3) is 0.231. The molecule has 0 aliphatic heterocycles. The van der Waals surface area contributed by atoms with Gasteiger partial charge in [0.25, 0.3) is 0 Å². The van der Waals surface area contributed by atoms with Crippen LogP contribution in [0.5, 0.6) is 0 Å². The number of rotatable bonds is 3. The molecule has 0 unspecified atom stereocenters. The zero-order valence-electron chi connectivity index (χ0n) is 10.3. The maximum atomic E-state index is 13.0. The van der Waals surface area contributed by atoms with Crippen molar-refractivity contribution in [1.82, 2.24) is 9.97 Å². The number of nitrogens with two attached hydrogens (primary N) is 1. The molecular weight excluding hydrogens is 274 g/mol. The Balaban J connectivity index is 2.47. The van der Waals surface area contributed by atoms with Gasteiger partial charge >= 0.3 is 6.18 Å². The minimum Gasteiger partial charge on any atom is -0.330 e. The molecule has 3 nitrogen and oxygen atoms in total. The first-order valence-electron chi connectivity index (χ1n) is 5.80. The molecule has 0 bridgehead atoms. The maximum Gasteiger partial charge on any atom is 0.417 e. The third-order valence-corrected chi connectivity index (χ3v) is 2.67. The Morgan fingerprint density at radius 3 is 2.30 bits per heavy atom. The standard InChI is InChI=1S/C13H11F4N3/c14-9-1-2-10(11(5-9)13(15,16)17)12-19-6-8(3-4-18)7-20-12/h1-2,5-7H,3-4,18H2. The third kappa shape index (κ3) is 3.11. The molecule has 0 aliphatic carbocycles. The van der Waals surface area contributed by atoms with E-state index in [1.54, 1.807) is 0 Å². The summed E-state index contributed by atoms with van der Waals surface area (Å²) in [7, 11) is 0. The van der Waals surface area contributed by atoms with Gasteiger partial charge in [0, 0.05) is 18.0 Å². The Morgan fingerprint density at radius 2 is 1.75 bits per heavy atom. The van der Waals surface area contributed by atoms with Crippen LogP contribution >= 0.6 is 0 Å². The molecule has 106 valence electrons. The Kier molecular flexibility index (Phi) is 3.99. The highest BCUT2D eigenvalue weighted by Crippen LogP contribution is 2.36. The van der Waals surface area contributed by atoms with Crippen LogP contribution in [-0.2, 0) is 12.6 Å². The molecule has 0 fully saturated rings. The predicted octanol–water partition coefficient (Wildman–Crippen LogP) is 2.80. The SMILES string of the molecule is NCCc1cnc(-c2ccc(F)cc2C(F)(F)F)nc1. The Labute approximate surface area is 112 Å². The van der Waals surface area contributed by atoms with Gasteiger partial charge in [0.05, 0.1) is 5.56 Å². The molecule has 0 saturated heterocycles. The van der Waals surface area contributed by atoms with Gasteiger partial charge in [0.15, 0.2) is 5.82 Å². The number of aromatic nitrogens is 2. The van der Waals surface area contributed by atoms with Gasteiger partial charge in [-0.25, -0.2) is 14.4 Å². The normalized spacial score (nSPS) is 11.7. The van der Waals surface area contributed by atoms with Gasteiger partial charge in [-0.05, 0) is 36.7 Å². The zero-order valence-corrected chi connectivity index (χ0v) is 10.3. The first-order chi connectivity index (χ1) is 9.41. The Morgan fingerprint density at radius 1 is 1.10 bits per heavy atom. The van der Waals surface area contributed by atoms with Gasteiger partial charge in [-0.2, -0.15) is 13.2 Å². The van der Waals surface area contributed by atoms with Crippen molar-refractivity contribution < 1.29 is 17.6 Å². The predicted molar refractivity (Wildman–Crippen MR) is 65.2 cm³/mol. The summed E-state index contributed by atoms with van der Waals surface area (Å²) in [6, 6.07) is 2.41. The molecule has 20 heavy (non-hydrogen) atoms. The highest BCUT2D eigenvalue weighted by atomic mass is 19.4. The van der Waals surface area contributed by atoms with Gasteiger partial charge in [-0.1, -0.05) is 0 Å². The van der Waals surface area contributed by atoms with E-state index in [0.717, 1.165) is 17.7 Å². The van der Waals surface area contributed by atoms with E-state index >= 15 is 0 Å². The number of hydrogen-bond acceptors (Lipinski definition) is 3. The fourth-order valence-electron chi connectivity index (χ4n) is 1.74. The van der Waals surface area contributed by atoms with Crippen LogP contribution in [0.2, 0.25) is 0 Å². The van der Waals surface area contributed by atoms with Crippen LogP contribution < -0.4 is 5.73 Å². The van der Waals surface area contributed by atoms with Crippen LogP contribution in [-0.4, -0.2) is 16.5 Å². The van der Waals surface area contributed by atoms with Gasteiger partial charge < -0.3 is 5.73 Å². The number of benzene rings is 1. The molecule has 1 heterocycles. The van der Waals surface area contributed by atoms with Crippen molar-refractivity contribution in [3.05, 3.63) is 47.5 Å². The fourth-order valence-corrected chi connectivity index (χ4v) is 1.74. The molecule has 1 aromatic carbocycles. The first-order valence-corrected chi connectivity index (χ1v) is 5.80. The van der Waals surface area contributed by atoms with Crippen LogP contribution in [0, 0.1) is 5.82 Å². The summed E-state index contributed by atoms with van der Waals surface area (Å²) in [5, 5.41) is 0. The van der Waals surface area contributed by atoms with Crippen molar-refractivity contribution in [1.29, 1.82) is 0 Å². The van der Waals surface area contributed by atoms with Crippen molar-refractivity contribution in [2.24, 2.45) is 5.73 Å². The molecule has 0 aliphatic rings. The van der Waals surface area contributed by atoms with E-state index in [-0.39, 0.29) is 11.4 Å². The minimum absolute atomic E-state index is 0.0990. The van der Waals surface area contributed by atoms with E-state index in [9.17, 15) is 17.6 Å². The average molecular weight is 285 g/mol. The zero-order chi connectivity index (χ0) is 14.8. The molecule has 0 saturated carbocycles. The summed E-state index contributed by atoms with van der Waals surface area (Å²) in [6.45, 7) is 0.396. The van der Waals surface area contributed by atoms with E-state index in [1.807, 2.05) is 0 Å². The summed E-state index contributed by atoms with van der Waals surface area (Å²) in [6.07, 6.45) is -1.30. The lowest BCUT2D eigenvalue weighted by molar-refractivity contribution is -0.137. The van der Waals surface area contributed by atoms with Crippen LogP contribution in [0.25, 0.3) is 11.4 Å². The largest absolute Gasteiger partial charge is 0.417 e. The quantitative estimate of drug-likeness (QED) is 0.882. The van der Waals surface area contributed by atoms with Crippen molar-refractivity contribution in [2.45, 2.75) is 12.6 Å². The highest BCUT2D eigenvalue weighted by Gasteiger charge is 2.34. The topological polar surface area (TPSA) is 51.8 Å². The van der Waals surface area contributed by atoms with E-state index in [1.165, 1.54) is 12.4 Å². The minimum atomic E-state index is -4.67. The number of hydrogen-bond donors (Lipinski definition) is 1. The van der Waals surface area contributed by atoms with E-state index in [4.69, 9.17) is 5.73 Å². The second kappa shape index (κ2) is 5.54. The Hall–Kier alpha value is -2.02. The van der Waals surface area contributed by atoms with Crippen LogP contribution in [0.1, 0.15) is 11.1 Å². The molecule has 2 aromatic rings. The number of halogens is 4. The third-order valence-electron chi connectivity index (χ3n) is 2.67. The van der Waals surface area contributed by atoms with Crippen molar-refractivity contribution in [3.8, 4) is 11.4 Å². The molecule has 0 atom stereocenters. The first kappa shape index (κ1) is 14.4. The number of alkyl halides is 3. The summed E-state index contributed by atoms with van der Waals surface area (Å²) in [4.78, 5) is 7.76. The van der Waals surface area contributed by atoms with E-state index in [2.05, 4.69) is 9.97 Å². The Bertz CT molecular complexity index is 594. The summed E-state index contributed by atoms with van der Waals surface area (Å²) in [5.74, 6) is -1.06.